The molecule has 0 aliphatic heterocycles. The van der Waals surface area contributed by atoms with Crippen LogP contribution in [-0.4, -0.2) is 36.9 Å². The van der Waals surface area contributed by atoms with Gasteiger partial charge < -0.3 is 14.2 Å². The molecule has 0 saturated carbocycles. The van der Waals surface area contributed by atoms with Crippen LogP contribution < -0.4 is 9.50 Å². The molecular formula is C23H19ClFN3O5S. The lowest BCUT2D eigenvalue weighted by molar-refractivity contribution is -0.140. The molecule has 0 amide bonds. The number of rotatable bonds is 8. The van der Waals surface area contributed by atoms with E-state index >= 15 is 0 Å². The van der Waals surface area contributed by atoms with Crippen LogP contribution in [0.15, 0.2) is 71.8 Å². The zero-order valence-electron chi connectivity index (χ0n) is 17.9. The van der Waals surface area contributed by atoms with Crippen LogP contribution >= 0.6 is 11.6 Å². The number of esters is 1. The molecule has 0 unspecified atom stereocenters. The zero-order chi connectivity index (χ0) is 24.3. The number of fused-ring (bicyclic) bond motifs is 1. The summed E-state index contributed by atoms with van der Waals surface area (Å²) in [6.07, 6.45) is 1.66. The van der Waals surface area contributed by atoms with Gasteiger partial charge in [-0.25, -0.2) is 9.37 Å². The highest BCUT2D eigenvalue weighted by atomic mass is 35.5. The third-order valence-corrected chi connectivity index (χ3v) is 6.21. The summed E-state index contributed by atoms with van der Waals surface area (Å²) in [4.78, 5) is 16.3. The third kappa shape index (κ3) is 5.13. The Morgan fingerprint density at radius 2 is 1.79 bits per heavy atom. The fraction of sp³-hybridized carbons (Fsp3) is 0.130. The standard InChI is InChI=1S/C23H19ClFN3O5S/c1-2-32-21(29)13-26-23-22(27-20-12-5-16(24)14-28(20)23)15-3-8-18(9-4-15)33-34(30,31)19-10-6-17(25)7-11-19/h3-12,14,26H,2,13H2,1H3. The van der Waals surface area contributed by atoms with Crippen molar-refractivity contribution < 1.29 is 26.5 Å². The van der Waals surface area contributed by atoms with Gasteiger partial charge in [-0.1, -0.05) is 11.6 Å². The molecule has 0 spiro atoms. The van der Waals surface area contributed by atoms with Gasteiger partial charge in [-0.05, 0) is 67.6 Å². The molecule has 34 heavy (non-hydrogen) atoms. The van der Waals surface area contributed by atoms with Crippen LogP contribution in [0.4, 0.5) is 10.2 Å². The molecule has 0 atom stereocenters. The quantitative estimate of drug-likeness (QED) is 0.278. The predicted octanol–water partition coefficient (Wildman–Crippen LogP) is 4.54. The highest BCUT2D eigenvalue weighted by Crippen LogP contribution is 2.31. The van der Waals surface area contributed by atoms with Gasteiger partial charge in [-0.3, -0.25) is 9.20 Å². The van der Waals surface area contributed by atoms with Crippen molar-refractivity contribution in [3.8, 4) is 17.0 Å². The number of anilines is 1. The van der Waals surface area contributed by atoms with Gasteiger partial charge in [0.15, 0.2) is 0 Å². The van der Waals surface area contributed by atoms with Gasteiger partial charge in [0.25, 0.3) is 0 Å². The first kappa shape index (κ1) is 23.5. The van der Waals surface area contributed by atoms with Crippen LogP contribution in [0, 0.1) is 5.82 Å². The Hall–Kier alpha value is -3.63. The number of hydrogen-bond donors (Lipinski definition) is 1. The van der Waals surface area contributed by atoms with Crippen molar-refractivity contribution in [1.29, 1.82) is 0 Å². The molecule has 4 aromatic rings. The number of nitrogens with zero attached hydrogens (tertiary/aromatic N) is 2. The summed E-state index contributed by atoms with van der Waals surface area (Å²) < 4.78 is 49.8. The number of pyridine rings is 1. The van der Waals surface area contributed by atoms with Gasteiger partial charge in [0, 0.05) is 11.8 Å². The van der Waals surface area contributed by atoms with E-state index in [2.05, 4.69) is 10.3 Å². The van der Waals surface area contributed by atoms with Crippen molar-refractivity contribution in [3.63, 3.8) is 0 Å². The van der Waals surface area contributed by atoms with Crippen LogP contribution in [0.25, 0.3) is 16.9 Å². The van der Waals surface area contributed by atoms with Gasteiger partial charge in [0.2, 0.25) is 0 Å². The Morgan fingerprint density at radius 1 is 1.09 bits per heavy atom. The topological polar surface area (TPSA) is 99.0 Å². The summed E-state index contributed by atoms with van der Waals surface area (Å²) in [6, 6.07) is 14.0. The number of imidazole rings is 1. The average Bonchev–Trinajstić information content (AvgIpc) is 3.16. The Kier molecular flexibility index (Phi) is 6.71. The van der Waals surface area contributed by atoms with E-state index in [-0.39, 0.29) is 23.8 Å². The molecule has 0 saturated heterocycles. The van der Waals surface area contributed by atoms with Gasteiger partial charge in [-0.2, -0.15) is 8.42 Å². The number of carbonyl (C=O) groups is 1. The number of nitrogens with one attached hydrogen (secondary N) is 1. The number of carbonyl (C=O) groups excluding carboxylic acids is 1. The Labute approximate surface area is 200 Å². The van der Waals surface area contributed by atoms with Crippen molar-refractivity contribution >= 4 is 39.2 Å². The van der Waals surface area contributed by atoms with Crippen LogP contribution in [0.2, 0.25) is 5.02 Å². The lowest BCUT2D eigenvalue weighted by Crippen LogP contribution is -2.17. The lowest BCUT2D eigenvalue weighted by atomic mass is 10.1. The molecule has 8 nitrogen and oxygen atoms in total. The maximum Gasteiger partial charge on any atom is 0.339 e. The van der Waals surface area contributed by atoms with Gasteiger partial charge in [-0.15, -0.1) is 0 Å². The fourth-order valence-electron chi connectivity index (χ4n) is 3.20. The van der Waals surface area contributed by atoms with E-state index < -0.39 is 21.9 Å². The van der Waals surface area contributed by atoms with E-state index in [1.807, 2.05) is 0 Å². The molecule has 4 rings (SSSR count). The molecular weight excluding hydrogens is 485 g/mol. The second-order valence-electron chi connectivity index (χ2n) is 7.06. The van der Waals surface area contributed by atoms with Crippen LogP contribution in [0.1, 0.15) is 6.92 Å². The minimum Gasteiger partial charge on any atom is -0.465 e. The number of hydrogen-bond acceptors (Lipinski definition) is 7. The first-order valence-electron chi connectivity index (χ1n) is 10.1. The average molecular weight is 504 g/mol. The molecule has 0 fully saturated rings. The molecule has 0 aliphatic carbocycles. The Bertz CT molecular complexity index is 1440. The molecule has 11 heteroatoms. The van der Waals surface area contributed by atoms with E-state index in [0.717, 1.165) is 24.3 Å². The SMILES string of the molecule is CCOC(=O)CNc1c(-c2ccc(OS(=O)(=O)c3ccc(F)cc3)cc2)nc2ccc(Cl)cn12. The van der Waals surface area contributed by atoms with E-state index in [1.54, 1.807) is 41.8 Å². The Balaban J connectivity index is 1.63. The maximum absolute atomic E-state index is 13.1. The third-order valence-electron chi connectivity index (χ3n) is 4.72. The number of aromatic nitrogens is 2. The molecule has 0 bridgehead atoms. The van der Waals surface area contributed by atoms with E-state index in [9.17, 15) is 17.6 Å². The van der Waals surface area contributed by atoms with Gasteiger partial charge in [0.1, 0.15) is 40.2 Å². The number of halogens is 2. The molecule has 2 heterocycles. The largest absolute Gasteiger partial charge is 0.465 e. The van der Waals surface area contributed by atoms with Crippen molar-refractivity contribution in [3.05, 3.63) is 77.7 Å². The molecule has 2 aromatic carbocycles. The van der Waals surface area contributed by atoms with Crippen LogP contribution in [0.3, 0.4) is 0 Å². The van der Waals surface area contributed by atoms with Gasteiger partial charge in [0.05, 0.1) is 11.6 Å². The van der Waals surface area contributed by atoms with Crippen molar-refractivity contribution in [2.45, 2.75) is 11.8 Å². The molecule has 0 aliphatic rings. The molecule has 176 valence electrons. The monoisotopic (exact) mass is 503 g/mol. The molecule has 2 aromatic heterocycles. The highest BCUT2D eigenvalue weighted by molar-refractivity contribution is 7.87. The maximum atomic E-state index is 13.1. The number of ether oxygens (including phenoxy) is 1. The van der Waals surface area contributed by atoms with Gasteiger partial charge >= 0.3 is 16.1 Å². The minimum atomic E-state index is -4.13. The second kappa shape index (κ2) is 9.70. The highest BCUT2D eigenvalue weighted by Gasteiger charge is 2.19. The summed E-state index contributed by atoms with van der Waals surface area (Å²) in [5, 5.41) is 3.51. The van der Waals surface area contributed by atoms with Crippen molar-refractivity contribution in [2.75, 3.05) is 18.5 Å². The van der Waals surface area contributed by atoms with E-state index in [4.69, 9.17) is 20.5 Å². The van der Waals surface area contributed by atoms with Crippen molar-refractivity contribution in [1.82, 2.24) is 9.38 Å². The summed E-state index contributed by atoms with van der Waals surface area (Å²) in [6.45, 7) is 1.89. The predicted molar refractivity (Wildman–Crippen MR) is 125 cm³/mol. The summed E-state index contributed by atoms with van der Waals surface area (Å²) in [5.74, 6) is -0.399. The Morgan fingerprint density at radius 3 is 2.47 bits per heavy atom. The normalized spacial score (nSPS) is 11.4. The first-order chi connectivity index (χ1) is 16.3. The van der Waals surface area contributed by atoms with Crippen molar-refractivity contribution in [2.24, 2.45) is 0 Å². The summed E-state index contributed by atoms with van der Waals surface area (Å²) in [5.41, 5.74) is 1.74. The smallest absolute Gasteiger partial charge is 0.339 e. The van der Waals surface area contributed by atoms with Crippen LogP contribution in [-0.2, 0) is 19.6 Å². The molecule has 0 radical (unpaired) electrons. The summed E-state index contributed by atoms with van der Waals surface area (Å²) in [7, 11) is -4.13. The lowest BCUT2D eigenvalue weighted by Gasteiger charge is -2.10. The zero-order valence-corrected chi connectivity index (χ0v) is 19.4. The van der Waals surface area contributed by atoms with E-state index in [0.29, 0.717) is 27.7 Å². The first-order valence-corrected chi connectivity index (χ1v) is 11.9. The van der Waals surface area contributed by atoms with E-state index in [1.165, 1.54) is 12.1 Å². The van der Waals surface area contributed by atoms with Crippen LogP contribution in [0.5, 0.6) is 5.75 Å². The minimum absolute atomic E-state index is 0.0703. The number of benzene rings is 2. The summed E-state index contributed by atoms with van der Waals surface area (Å²) >= 11 is 6.14. The molecule has 1 N–H and O–H groups in total. The second-order valence-corrected chi connectivity index (χ2v) is 9.04. The fourth-order valence-corrected chi connectivity index (χ4v) is 4.29.